The zero-order valence-corrected chi connectivity index (χ0v) is 16.4. The van der Waals surface area contributed by atoms with Crippen molar-refractivity contribution in [3.63, 3.8) is 0 Å². The van der Waals surface area contributed by atoms with Gasteiger partial charge in [-0.2, -0.15) is 5.26 Å². The number of benzene rings is 1. The molecule has 0 saturated carbocycles. The van der Waals surface area contributed by atoms with Crippen LogP contribution in [-0.4, -0.2) is 35.3 Å². The summed E-state index contributed by atoms with van der Waals surface area (Å²) in [4.78, 5) is 30.0. The molecule has 0 bridgehead atoms. The fourth-order valence-corrected chi connectivity index (χ4v) is 2.98. The third kappa shape index (κ3) is 4.36. The number of nitriles is 1. The van der Waals surface area contributed by atoms with Crippen molar-refractivity contribution in [2.75, 3.05) is 19.5 Å². The highest BCUT2D eigenvalue weighted by atomic mass is 79.9. The summed E-state index contributed by atoms with van der Waals surface area (Å²) in [5, 5.41) is 9.73. The smallest absolute Gasteiger partial charge is 0.270 e. The maximum absolute atomic E-state index is 12.1. The number of aromatic nitrogens is 2. The van der Waals surface area contributed by atoms with Gasteiger partial charge in [0.15, 0.2) is 23.3 Å². The van der Waals surface area contributed by atoms with Gasteiger partial charge in [0.25, 0.3) is 11.5 Å². The van der Waals surface area contributed by atoms with Crippen LogP contribution in [0, 0.1) is 11.3 Å². The Morgan fingerprint density at radius 1 is 1.42 bits per heavy atom. The maximum Gasteiger partial charge on any atom is 0.270 e. The second kappa shape index (κ2) is 8.73. The number of H-pyrrole nitrogens is 1. The SMILES string of the molecule is CCOc1cc(-c2nc(SC)[nH]c(=O)c2C#N)c(Br)cc1OCC(N)=O. The van der Waals surface area contributed by atoms with E-state index in [2.05, 4.69) is 25.9 Å². The minimum Gasteiger partial charge on any atom is -0.490 e. The first-order valence-corrected chi connectivity index (χ1v) is 9.39. The molecule has 1 aromatic heterocycles. The van der Waals surface area contributed by atoms with Crippen LogP contribution in [0.15, 0.2) is 26.6 Å². The van der Waals surface area contributed by atoms with Crippen LogP contribution in [0.3, 0.4) is 0 Å². The number of carbonyl (C=O) groups excluding carboxylic acids is 1. The molecule has 0 fully saturated rings. The highest BCUT2D eigenvalue weighted by Gasteiger charge is 2.19. The van der Waals surface area contributed by atoms with Gasteiger partial charge in [0.1, 0.15) is 11.6 Å². The first-order valence-electron chi connectivity index (χ1n) is 7.37. The van der Waals surface area contributed by atoms with Crippen molar-refractivity contribution in [3.8, 4) is 28.8 Å². The van der Waals surface area contributed by atoms with Crippen LogP contribution >= 0.6 is 27.7 Å². The van der Waals surface area contributed by atoms with E-state index in [1.165, 1.54) is 11.8 Å². The molecule has 8 nitrogen and oxygen atoms in total. The molecule has 0 atom stereocenters. The Hall–Kier alpha value is -2.51. The van der Waals surface area contributed by atoms with Gasteiger partial charge in [0, 0.05) is 10.0 Å². The van der Waals surface area contributed by atoms with Crippen LogP contribution in [-0.2, 0) is 4.79 Å². The number of amides is 1. The molecule has 1 aromatic carbocycles. The van der Waals surface area contributed by atoms with Crippen LogP contribution in [0.4, 0.5) is 0 Å². The number of nitrogens with zero attached hydrogens (tertiary/aromatic N) is 2. The second-order valence-electron chi connectivity index (χ2n) is 4.88. The quantitative estimate of drug-likeness (QED) is 0.499. The Morgan fingerprint density at radius 2 is 2.12 bits per heavy atom. The van der Waals surface area contributed by atoms with Crippen LogP contribution in [0.5, 0.6) is 11.5 Å². The number of thioether (sulfide) groups is 1. The summed E-state index contributed by atoms with van der Waals surface area (Å²) in [6.45, 7) is 1.82. The van der Waals surface area contributed by atoms with Crippen molar-refractivity contribution in [2.24, 2.45) is 5.73 Å². The van der Waals surface area contributed by atoms with E-state index in [4.69, 9.17) is 15.2 Å². The lowest BCUT2D eigenvalue weighted by Crippen LogP contribution is -2.20. The van der Waals surface area contributed by atoms with Crippen LogP contribution in [0.1, 0.15) is 12.5 Å². The van der Waals surface area contributed by atoms with Crippen LogP contribution in [0.25, 0.3) is 11.3 Å². The molecule has 2 rings (SSSR count). The van der Waals surface area contributed by atoms with Gasteiger partial charge in [-0.15, -0.1) is 0 Å². The highest BCUT2D eigenvalue weighted by Crippen LogP contribution is 2.39. The summed E-state index contributed by atoms with van der Waals surface area (Å²) >= 11 is 4.64. The van der Waals surface area contributed by atoms with E-state index in [0.29, 0.717) is 33.3 Å². The highest BCUT2D eigenvalue weighted by molar-refractivity contribution is 9.10. The Bertz CT molecular complexity index is 939. The molecule has 0 radical (unpaired) electrons. The third-order valence-corrected chi connectivity index (χ3v) is 4.40. The summed E-state index contributed by atoms with van der Waals surface area (Å²) in [5.74, 6) is 0.0126. The molecule has 0 spiro atoms. The number of primary amides is 1. The van der Waals surface area contributed by atoms with Gasteiger partial charge in [-0.25, -0.2) is 4.98 Å². The minimum absolute atomic E-state index is 0.114. The molecule has 10 heteroatoms. The fraction of sp³-hybridized carbons (Fsp3) is 0.250. The van der Waals surface area contributed by atoms with E-state index in [1.807, 2.05) is 6.07 Å². The molecule has 1 amide bonds. The number of hydrogen-bond donors (Lipinski definition) is 2. The van der Waals surface area contributed by atoms with Gasteiger partial charge in [-0.1, -0.05) is 11.8 Å². The lowest BCUT2D eigenvalue weighted by atomic mass is 10.1. The monoisotopic (exact) mass is 438 g/mol. The summed E-state index contributed by atoms with van der Waals surface area (Å²) in [6.07, 6.45) is 1.76. The van der Waals surface area contributed by atoms with Crippen LogP contribution in [0.2, 0.25) is 0 Å². The van der Waals surface area contributed by atoms with E-state index in [-0.39, 0.29) is 17.9 Å². The summed E-state index contributed by atoms with van der Waals surface area (Å²) < 4.78 is 11.4. The van der Waals surface area contributed by atoms with Gasteiger partial charge < -0.3 is 20.2 Å². The van der Waals surface area contributed by atoms with Gasteiger partial charge >= 0.3 is 0 Å². The second-order valence-corrected chi connectivity index (χ2v) is 6.53. The summed E-state index contributed by atoms with van der Waals surface area (Å²) in [6, 6.07) is 5.05. The molecular formula is C16H15BrN4O4S. The minimum atomic E-state index is -0.625. The molecule has 0 aliphatic rings. The standard InChI is InChI=1S/C16H15BrN4O4S/c1-3-24-11-4-8(10(17)5-12(11)25-7-13(19)22)14-9(6-18)15(23)21-16(20-14)26-2/h4-5H,3,7H2,1-2H3,(H2,19,22)(H,20,21,23). The molecule has 3 N–H and O–H groups in total. The number of aromatic amines is 1. The number of carbonyl (C=O) groups is 1. The Morgan fingerprint density at radius 3 is 2.69 bits per heavy atom. The van der Waals surface area contributed by atoms with Crippen molar-refractivity contribution in [1.82, 2.24) is 9.97 Å². The zero-order chi connectivity index (χ0) is 19.3. The van der Waals surface area contributed by atoms with Gasteiger partial charge in [-0.3, -0.25) is 9.59 Å². The molecule has 1 heterocycles. The van der Waals surface area contributed by atoms with Gasteiger partial charge in [0.2, 0.25) is 0 Å². The molecule has 26 heavy (non-hydrogen) atoms. The topological polar surface area (TPSA) is 131 Å². The van der Waals surface area contributed by atoms with E-state index in [0.717, 1.165) is 0 Å². The van der Waals surface area contributed by atoms with E-state index in [9.17, 15) is 14.9 Å². The average molecular weight is 439 g/mol. The van der Waals surface area contributed by atoms with Crippen molar-refractivity contribution in [2.45, 2.75) is 12.1 Å². The maximum atomic E-state index is 12.1. The number of rotatable bonds is 7. The van der Waals surface area contributed by atoms with E-state index in [1.54, 1.807) is 25.3 Å². The third-order valence-electron chi connectivity index (χ3n) is 3.16. The Balaban J connectivity index is 2.66. The first-order chi connectivity index (χ1) is 12.4. The normalized spacial score (nSPS) is 10.2. The molecule has 0 aliphatic heterocycles. The molecular weight excluding hydrogens is 424 g/mol. The Labute approximate surface area is 161 Å². The number of nitrogens with one attached hydrogen (secondary N) is 1. The fourth-order valence-electron chi connectivity index (χ4n) is 2.09. The molecule has 0 unspecified atom stereocenters. The van der Waals surface area contributed by atoms with Crippen molar-refractivity contribution < 1.29 is 14.3 Å². The van der Waals surface area contributed by atoms with Crippen molar-refractivity contribution in [3.05, 3.63) is 32.5 Å². The summed E-state index contributed by atoms with van der Waals surface area (Å²) in [5.41, 5.74) is 5.17. The number of hydrogen-bond acceptors (Lipinski definition) is 7. The molecule has 136 valence electrons. The van der Waals surface area contributed by atoms with Gasteiger partial charge in [-0.05, 0) is 41.2 Å². The molecule has 0 saturated heterocycles. The largest absolute Gasteiger partial charge is 0.490 e. The lowest BCUT2D eigenvalue weighted by molar-refractivity contribution is -0.119. The predicted octanol–water partition coefficient (Wildman–Crippen LogP) is 2.06. The van der Waals surface area contributed by atoms with Gasteiger partial charge in [0.05, 0.1) is 12.3 Å². The lowest BCUT2D eigenvalue weighted by Gasteiger charge is -2.15. The van der Waals surface area contributed by atoms with Crippen LogP contribution < -0.4 is 20.8 Å². The number of halogens is 1. The van der Waals surface area contributed by atoms with E-state index >= 15 is 0 Å². The van der Waals surface area contributed by atoms with Crippen molar-refractivity contribution in [1.29, 1.82) is 5.26 Å². The first kappa shape index (κ1) is 19.8. The molecule has 0 aliphatic carbocycles. The van der Waals surface area contributed by atoms with E-state index < -0.39 is 11.5 Å². The predicted molar refractivity (Wildman–Crippen MR) is 100 cm³/mol. The number of ether oxygens (including phenoxy) is 2. The van der Waals surface area contributed by atoms with Crippen molar-refractivity contribution >= 4 is 33.6 Å². The average Bonchev–Trinajstić information content (AvgIpc) is 2.60. The molecule has 2 aromatic rings. The zero-order valence-electron chi connectivity index (χ0n) is 14.0. The number of nitrogens with two attached hydrogens (primary N) is 1. The summed E-state index contributed by atoms with van der Waals surface area (Å²) in [7, 11) is 0. The Kier molecular flexibility index (Phi) is 6.65.